The van der Waals surface area contributed by atoms with Crippen molar-refractivity contribution in [1.82, 2.24) is 4.31 Å². The van der Waals surface area contributed by atoms with Gasteiger partial charge < -0.3 is 9.84 Å². The number of ether oxygens (including phenoxy) is 1. The van der Waals surface area contributed by atoms with Gasteiger partial charge >= 0.3 is 5.97 Å². The number of carboxylic acid groups (broad SMARTS) is 1. The van der Waals surface area contributed by atoms with Crippen molar-refractivity contribution in [2.24, 2.45) is 5.41 Å². The molecule has 0 atom stereocenters. The average Bonchev–Trinajstić information content (AvgIpc) is 2.23. The van der Waals surface area contributed by atoms with E-state index in [2.05, 4.69) is 0 Å². The molecule has 112 valence electrons. The fourth-order valence-corrected chi connectivity index (χ4v) is 4.15. The highest BCUT2D eigenvalue weighted by atomic mass is 32.2. The quantitative estimate of drug-likeness (QED) is 0.815. The number of carboxylic acids is 1. The van der Waals surface area contributed by atoms with Gasteiger partial charge in [0.25, 0.3) is 0 Å². The lowest BCUT2D eigenvalue weighted by atomic mass is 10.0. The van der Waals surface area contributed by atoms with Gasteiger partial charge in [-0.05, 0) is 18.3 Å². The standard InChI is InChI=1S/C12H23NO5S/c1-12(2,3)9-19(16,17)13-6-4-10(5-7-13)18-8-11(14)15/h10H,4-9H2,1-3H3,(H,14,15). The molecule has 1 fully saturated rings. The molecule has 0 amide bonds. The second kappa shape index (κ2) is 6.19. The van der Waals surface area contributed by atoms with Gasteiger partial charge in [0.15, 0.2) is 0 Å². The second-order valence-corrected chi connectivity index (χ2v) is 8.09. The van der Waals surface area contributed by atoms with E-state index in [-0.39, 0.29) is 23.9 Å². The number of aliphatic carboxylic acids is 1. The van der Waals surface area contributed by atoms with Crippen LogP contribution in [0.3, 0.4) is 0 Å². The third kappa shape index (κ3) is 5.88. The van der Waals surface area contributed by atoms with Crippen LogP contribution in [-0.2, 0) is 19.6 Å². The number of nitrogens with zero attached hydrogens (tertiary/aromatic N) is 1. The Morgan fingerprint density at radius 2 is 1.84 bits per heavy atom. The van der Waals surface area contributed by atoms with Gasteiger partial charge in [0, 0.05) is 13.1 Å². The van der Waals surface area contributed by atoms with Crippen molar-refractivity contribution in [3.8, 4) is 0 Å². The maximum atomic E-state index is 12.2. The van der Waals surface area contributed by atoms with E-state index in [4.69, 9.17) is 9.84 Å². The molecule has 1 aliphatic heterocycles. The number of rotatable bonds is 5. The number of hydrogen-bond donors (Lipinski definition) is 1. The monoisotopic (exact) mass is 293 g/mol. The molecule has 0 aromatic carbocycles. The number of hydrogen-bond acceptors (Lipinski definition) is 4. The van der Waals surface area contributed by atoms with E-state index in [1.165, 1.54) is 4.31 Å². The van der Waals surface area contributed by atoms with E-state index in [1.807, 2.05) is 20.8 Å². The molecular formula is C12H23NO5S. The maximum absolute atomic E-state index is 12.2. The Morgan fingerprint density at radius 3 is 2.26 bits per heavy atom. The first-order valence-corrected chi connectivity index (χ1v) is 8.02. The topological polar surface area (TPSA) is 83.9 Å². The van der Waals surface area contributed by atoms with Gasteiger partial charge in [0.05, 0.1) is 11.9 Å². The molecule has 0 aromatic rings. The molecule has 1 heterocycles. The minimum Gasteiger partial charge on any atom is -0.480 e. The normalized spacial score (nSPS) is 19.5. The average molecular weight is 293 g/mol. The van der Waals surface area contributed by atoms with Crippen LogP contribution < -0.4 is 0 Å². The van der Waals surface area contributed by atoms with Crippen LogP contribution in [0, 0.1) is 5.41 Å². The predicted octanol–water partition coefficient (Wildman–Crippen LogP) is 0.928. The van der Waals surface area contributed by atoms with E-state index < -0.39 is 16.0 Å². The van der Waals surface area contributed by atoms with Crippen molar-refractivity contribution < 1.29 is 23.1 Å². The molecule has 0 unspecified atom stereocenters. The molecule has 0 aliphatic carbocycles. The third-order valence-electron chi connectivity index (χ3n) is 2.85. The van der Waals surface area contributed by atoms with Gasteiger partial charge in [-0.2, -0.15) is 0 Å². The van der Waals surface area contributed by atoms with Crippen LogP contribution in [0.1, 0.15) is 33.6 Å². The zero-order chi connectivity index (χ0) is 14.7. The van der Waals surface area contributed by atoms with Crippen LogP contribution >= 0.6 is 0 Å². The Hall–Kier alpha value is -0.660. The van der Waals surface area contributed by atoms with Crippen LogP contribution in [0.4, 0.5) is 0 Å². The largest absolute Gasteiger partial charge is 0.480 e. The van der Waals surface area contributed by atoms with Crippen LogP contribution in [0.25, 0.3) is 0 Å². The molecule has 0 bridgehead atoms. The molecule has 0 spiro atoms. The summed E-state index contributed by atoms with van der Waals surface area (Å²) in [5.74, 6) is -0.872. The molecule has 1 aliphatic rings. The third-order valence-corrected chi connectivity index (χ3v) is 5.24. The summed E-state index contributed by atoms with van der Waals surface area (Å²) in [5.41, 5.74) is -0.268. The fraction of sp³-hybridized carbons (Fsp3) is 0.917. The van der Waals surface area contributed by atoms with E-state index in [0.717, 1.165) is 0 Å². The zero-order valence-corrected chi connectivity index (χ0v) is 12.6. The SMILES string of the molecule is CC(C)(C)CS(=O)(=O)N1CCC(OCC(=O)O)CC1. The van der Waals surface area contributed by atoms with Crippen LogP contribution in [0.2, 0.25) is 0 Å². The molecule has 0 saturated carbocycles. The van der Waals surface area contributed by atoms with Gasteiger partial charge in [-0.1, -0.05) is 20.8 Å². The lowest BCUT2D eigenvalue weighted by Crippen LogP contribution is -2.44. The highest BCUT2D eigenvalue weighted by Gasteiger charge is 2.31. The van der Waals surface area contributed by atoms with Gasteiger partial charge in [0.2, 0.25) is 10.0 Å². The molecule has 0 radical (unpaired) electrons. The summed E-state index contributed by atoms with van der Waals surface area (Å²) in [6, 6.07) is 0. The Morgan fingerprint density at radius 1 is 1.32 bits per heavy atom. The van der Waals surface area contributed by atoms with Crippen molar-refractivity contribution in [1.29, 1.82) is 0 Å². The summed E-state index contributed by atoms with van der Waals surface area (Å²) in [5, 5.41) is 8.52. The number of sulfonamides is 1. The molecule has 0 aromatic heterocycles. The van der Waals surface area contributed by atoms with E-state index in [0.29, 0.717) is 25.9 Å². The zero-order valence-electron chi connectivity index (χ0n) is 11.8. The molecule has 7 heteroatoms. The van der Waals surface area contributed by atoms with Crippen LogP contribution in [-0.4, -0.2) is 55.4 Å². The molecule has 1 rings (SSSR count). The molecule has 6 nitrogen and oxygen atoms in total. The van der Waals surface area contributed by atoms with E-state index >= 15 is 0 Å². The Bertz CT molecular complexity index is 404. The number of carbonyl (C=O) groups is 1. The van der Waals surface area contributed by atoms with Crippen molar-refractivity contribution in [2.75, 3.05) is 25.4 Å². The summed E-state index contributed by atoms with van der Waals surface area (Å²) in [6.45, 7) is 6.18. The summed E-state index contributed by atoms with van der Waals surface area (Å²) in [6.07, 6.45) is 0.949. The van der Waals surface area contributed by atoms with Gasteiger partial charge in [-0.15, -0.1) is 0 Å². The van der Waals surface area contributed by atoms with Crippen LogP contribution in [0.15, 0.2) is 0 Å². The van der Waals surface area contributed by atoms with Gasteiger partial charge in [0.1, 0.15) is 6.61 Å². The summed E-state index contributed by atoms with van der Waals surface area (Å²) < 4.78 is 31.0. The first kappa shape index (κ1) is 16.4. The summed E-state index contributed by atoms with van der Waals surface area (Å²) in [7, 11) is -3.23. The first-order chi connectivity index (χ1) is 8.60. The molecule has 1 saturated heterocycles. The maximum Gasteiger partial charge on any atom is 0.329 e. The lowest BCUT2D eigenvalue weighted by molar-refractivity contribution is -0.145. The Kier molecular flexibility index (Phi) is 5.34. The number of piperidine rings is 1. The summed E-state index contributed by atoms with van der Waals surface area (Å²) in [4.78, 5) is 10.4. The van der Waals surface area contributed by atoms with Crippen molar-refractivity contribution in [3.05, 3.63) is 0 Å². The molecular weight excluding hydrogens is 270 g/mol. The highest BCUT2D eigenvalue weighted by molar-refractivity contribution is 7.89. The van der Waals surface area contributed by atoms with Crippen molar-refractivity contribution >= 4 is 16.0 Å². The minimum absolute atomic E-state index is 0.126. The first-order valence-electron chi connectivity index (χ1n) is 6.41. The Labute approximate surface area is 114 Å². The lowest BCUT2D eigenvalue weighted by Gasteiger charge is -2.32. The minimum atomic E-state index is -3.23. The molecule has 19 heavy (non-hydrogen) atoms. The van der Waals surface area contributed by atoms with E-state index in [1.54, 1.807) is 0 Å². The van der Waals surface area contributed by atoms with E-state index in [9.17, 15) is 13.2 Å². The predicted molar refractivity (Wildman–Crippen MR) is 71.4 cm³/mol. The van der Waals surface area contributed by atoms with Gasteiger partial charge in [-0.3, -0.25) is 0 Å². The highest BCUT2D eigenvalue weighted by Crippen LogP contribution is 2.22. The smallest absolute Gasteiger partial charge is 0.329 e. The second-order valence-electron chi connectivity index (χ2n) is 6.12. The Balaban J connectivity index is 2.47. The van der Waals surface area contributed by atoms with Crippen LogP contribution in [0.5, 0.6) is 0 Å². The van der Waals surface area contributed by atoms with Crippen molar-refractivity contribution in [3.63, 3.8) is 0 Å². The van der Waals surface area contributed by atoms with Crippen molar-refractivity contribution in [2.45, 2.75) is 39.7 Å². The fourth-order valence-electron chi connectivity index (χ4n) is 2.10. The molecule has 1 N–H and O–H groups in total. The summed E-state index contributed by atoms with van der Waals surface area (Å²) >= 11 is 0. The van der Waals surface area contributed by atoms with Gasteiger partial charge in [-0.25, -0.2) is 17.5 Å².